The quantitative estimate of drug-likeness (QED) is 0.613. The molecule has 3 aliphatic rings. The predicted octanol–water partition coefficient (Wildman–Crippen LogP) is 4.13. The van der Waals surface area contributed by atoms with E-state index < -0.39 is 5.97 Å². The monoisotopic (exact) mass is 521 g/mol. The highest BCUT2D eigenvalue weighted by atomic mass is 16.5. The number of esters is 1. The second kappa shape index (κ2) is 10.7. The van der Waals surface area contributed by atoms with Gasteiger partial charge in [0, 0.05) is 61.8 Å². The van der Waals surface area contributed by atoms with Crippen LogP contribution in [0.15, 0.2) is 30.5 Å². The van der Waals surface area contributed by atoms with Crippen LogP contribution in [-0.4, -0.2) is 102 Å². The average molecular weight is 522 g/mol. The number of piperazine rings is 1. The molecule has 206 valence electrons. The van der Waals surface area contributed by atoms with Gasteiger partial charge in [-0.05, 0) is 64.4 Å². The van der Waals surface area contributed by atoms with Gasteiger partial charge in [0.2, 0.25) is 0 Å². The molecule has 8 nitrogen and oxygen atoms in total. The summed E-state index contributed by atoms with van der Waals surface area (Å²) < 4.78 is 5.64. The van der Waals surface area contributed by atoms with Crippen molar-refractivity contribution in [3.8, 4) is 0 Å². The number of hydrogen-bond donors (Lipinski definition) is 1. The zero-order valence-corrected chi connectivity index (χ0v) is 23.6. The van der Waals surface area contributed by atoms with E-state index in [0.29, 0.717) is 25.2 Å². The number of benzene rings is 1. The number of nitrogens with one attached hydrogen (secondary N) is 1. The highest BCUT2D eigenvalue weighted by molar-refractivity contribution is 6.18. The molecule has 0 bridgehead atoms. The second-order valence-electron chi connectivity index (χ2n) is 12.2. The van der Waals surface area contributed by atoms with Crippen LogP contribution in [-0.2, 0) is 14.9 Å². The fourth-order valence-corrected chi connectivity index (χ4v) is 6.29. The number of likely N-dealkylation sites (tertiary alicyclic amines) is 1. The van der Waals surface area contributed by atoms with Gasteiger partial charge >= 0.3 is 12.0 Å². The number of aromatic nitrogens is 1. The molecule has 0 spiro atoms. The van der Waals surface area contributed by atoms with Crippen molar-refractivity contribution in [2.75, 3.05) is 59.4 Å². The maximum Gasteiger partial charge on any atom is 0.342 e. The van der Waals surface area contributed by atoms with Gasteiger partial charge in [0.1, 0.15) is 0 Å². The standard InChI is InChI=1S/C30H43N5O3/c1-21(2)38-28(36)24-19-35(20-30(3,4)26-23-8-6-7-9-25(23)31-27(24)26)29(37)34-16-14-33(15-17-34)18-22-10-12-32(5)13-11-22/h6-9,19,21-22,31H,10-18,20H2,1-5H3. The van der Waals surface area contributed by atoms with Gasteiger partial charge in [0.25, 0.3) is 0 Å². The molecule has 0 atom stereocenters. The Morgan fingerprint density at radius 2 is 1.74 bits per heavy atom. The number of rotatable bonds is 4. The SMILES string of the molecule is CC(C)OC(=O)C1=CN(C(=O)N2CCN(CC3CCN(C)CC3)CC2)CC(C)(C)c2c1[nH]c1ccccc21. The van der Waals surface area contributed by atoms with E-state index in [4.69, 9.17) is 4.74 Å². The molecule has 2 saturated heterocycles. The van der Waals surface area contributed by atoms with Crippen molar-refractivity contribution in [3.05, 3.63) is 41.7 Å². The lowest BCUT2D eigenvalue weighted by molar-refractivity contribution is -0.140. The van der Waals surface area contributed by atoms with E-state index in [-0.39, 0.29) is 17.6 Å². The first-order valence-corrected chi connectivity index (χ1v) is 14.1. The maximum absolute atomic E-state index is 13.9. The number of fused-ring (bicyclic) bond motifs is 3. The molecule has 4 heterocycles. The van der Waals surface area contributed by atoms with Crippen molar-refractivity contribution in [3.63, 3.8) is 0 Å². The Morgan fingerprint density at radius 3 is 2.42 bits per heavy atom. The number of H-pyrrole nitrogens is 1. The topological polar surface area (TPSA) is 72.1 Å². The number of piperidine rings is 1. The summed E-state index contributed by atoms with van der Waals surface area (Å²) in [6.07, 6.45) is 3.98. The summed E-state index contributed by atoms with van der Waals surface area (Å²) in [5.74, 6) is 0.340. The summed E-state index contributed by atoms with van der Waals surface area (Å²) >= 11 is 0. The molecule has 2 aromatic rings. The summed E-state index contributed by atoms with van der Waals surface area (Å²) in [5, 5.41) is 1.08. The van der Waals surface area contributed by atoms with Gasteiger partial charge in [-0.25, -0.2) is 9.59 Å². The minimum absolute atomic E-state index is 0.0404. The summed E-state index contributed by atoms with van der Waals surface area (Å²) in [6.45, 7) is 15.2. The maximum atomic E-state index is 13.9. The van der Waals surface area contributed by atoms with Crippen molar-refractivity contribution in [2.45, 2.75) is 52.1 Å². The lowest BCUT2D eigenvalue weighted by atomic mass is 9.82. The van der Waals surface area contributed by atoms with Crippen LogP contribution in [0.1, 0.15) is 51.8 Å². The number of amides is 2. The van der Waals surface area contributed by atoms with E-state index in [1.807, 2.05) is 36.9 Å². The van der Waals surface area contributed by atoms with E-state index in [2.05, 4.69) is 41.7 Å². The molecule has 0 saturated carbocycles. The Labute approximate surface area is 226 Å². The van der Waals surface area contributed by atoms with Crippen LogP contribution < -0.4 is 0 Å². The Morgan fingerprint density at radius 1 is 1.05 bits per heavy atom. The Kier molecular flexibility index (Phi) is 7.56. The van der Waals surface area contributed by atoms with Gasteiger partial charge in [-0.15, -0.1) is 0 Å². The van der Waals surface area contributed by atoms with Crippen molar-refractivity contribution in [2.24, 2.45) is 5.92 Å². The summed E-state index contributed by atoms with van der Waals surface area (Å²) in [6, 6.07) is 8.07. The van der Waals surface area contributed by atoms with Gasteiger partial charge in [0.05, 0.1) is 17.4 Å². The number of nitrogens with zero attached hydrogens (tertiary/aromatic N) is 4. The molecule has 0 aliphatic carbocycles. The van der Waals surface area contributed by atoms with Gasteiger partial charge in [0.15, 0.2) is 0 Å². The first-order valence-electron chi connectivity index (χ1n) is 14.1. The average Bonchev–Trinajstić information content (AvgIpc) is 3.22. The first-order chi connectivity index (χ1) is 18.1. The molecule has 3 aliphatic heterocycles. The van der Waals surface area contributed by atoms with E-state index >= 15 is 0 Å². The molecule has 2 fully saturated rings. The van der Waals surface area contributed by atoms with Crippen molar-refractivity contribution in [1.29, 1.82) is 0 Å². The molecule has 8 heteroatoms. The third-order valence-corrected chi connectivity index (χ3v) is 8.31. The van der Waals surface area contributed by atoms with Gasteiger partial charge in [-0.1, -0.05) is 32.0 Å². The number of ether oxygens (including phenoxy) is 1. The third-order valence-electron chi connectivity index (χ3n) is 8.31. The van der Waals surface area contributed by atoms with Crippen LogP contribution in [0.25, 0.3) is 16.5 Å². The lowest BCUT2D eigenvalue weighted by Crippen LogP contribution is -2.54. The number of para-hydroxylation sites is 1. The molecule has 0 unspecified atom stereocenters. The van der Waals surface area contributed by atoms with Crippen molar-refractivity contribution in [1.82, 2.24) is 24.6 Å². The van der Waals surface area contributed by atoms with Crippen LogP contribution in [0, 0.1) is 5.92 Å². The largest absolute Gasteiger partial charge is 0.459 e. The van der Waals surface area contributed by atoms with Gasteiger partial charge < -0.3 is 19.5 Å². The van der Waals surface area contributed by atoms with Crippen molar-refractivity contribution < 1.29 is 14.3 Å². The fraction of sp³-hybridized carbons (Fsp3) is 0.600. The number of hydrogen-bond acceptors (Lipinski definition) is 5. The van der Waals surface area contributed by atoms with E-state index in [1.165, 1.54) is 25.9 Å². The molecule has 1 aromatic carbocycles. The number of aromatic amines is 1. The summed E-state index contributed by atoms with van der Waals surface area (Å²) in [4.78, 5) is 39.3. The van der Waals surface area contributed by atoms with Crippen LogP contribution in [0.5, 0.6) is 0 Å². The van der Waals surface area contributed by atoms with Crippen LogP contribution in [0.4, 0.5) is 4.79 Å². The third kappa shape index (κ3) is 5.47. The zero-order chi connectivity index (χ0) is 27.0. The van der Waals surface area contributed by atoms with E-state index in [1.54, 1.807) is 11.1 Å². The minimum Gasteiger partial charge on any atom is -0.459 e. The van der Waals surface area contributed by atoms with Crippen molar-refractivity contribution >= 4 is 28.5 Å². The minimum atomic E-state index is -0.411. The molecule has 5 rings (SSSR count). The molecular formula is C30H43N5O3. The molecule has 1 N–H and O–H groups in total. The Hall–Kier alpha value is -2.84. The zero-order valence-electron chi connectivity index (χ0n) is 23.6. The van der Waals surface area contributed by atoms with Gasteiger partial charge in [-0.2, -0.15) is 0 Å². The first kappa shape index (κ1) is 26.8. The normalized spacial score (nSPS) is 21.4. The smallest absolute Gasteiger partial charge is 0.342 e. The number of carbonyl (C=O) groups is 2. The Balaban J connectivity index is 1.36. The Bertz CT molecular complexity index is 1200. The second-order valence-corrected chi connectivity index (χ2v) is 12.2. The number of carbonyl (C=O) groups excluding carboxylic acids is 2. The van der Waals surface area contributed by atoms with Gasteiger partial charge in [-0.3, -0.25) is 9.80 Å². The van der Waals surface area contributed by atoms with Crippen LogP contribution in [0.2, 0.25) is 0 Å². The molecule has 38 heavy (non-hydrogen) atoms. The fourth-order valence-electron chi connectivity index (χ4n) is 6.29. The molecular weight excluding hydrogens is 478 g/mol. The van der Waals surface area contributed by atoms with Crippen LogP contribution >= 0.6 is 0 Å². The van der Waals surface area contributed by atoms with Crippen LogP contribution in [0.3, 0.4) is 0 Å². The summed E-state index contributed by atoms with van der Waals surface area (Å²) in [7, 11) is 2.20. The lowest BCUT2D eigenvalue weighted by Gasteiger charge is -2.40. The molecule has 1 aromatic heterocycles. The molecule has 2 amide bonds. The molecule has 0 radical (unpaired) electrons. The van der Waals surface area contributed by atoms with E-state index in [0.717, 1.165) is 47.7 Å². The highest BCUT2D eigenvalue weighted by Crippen LogP contribution is 2.40. The predicted molar refractivity (Wildman–Crippen MR) is 151 cm³/mol. The summed E-state index contributed by atoms with van der Waals surface area (Å²) in [5.41, 5.74) is 2.81. The highest BCUT2D eigenvalue weighted by Gasteiger charge is 2.39. The number of urea groups is 1. The van der Waals surface area contributed by atoms with E-state index in [9.17, 15) is 9.59 Å².